The number of carbonyl (C=O) groups excluding carboxylic acids is 2. The second-order valence-electron chi connectivity index (χ2n) is 7.69. The van der Waals surface area contributed by atoms with E-state index in [2.05, 4.69) is 26.1 Å². The van der Waals surface area contributed by atoms with E-state index in [0.29, 0.717) is 35.7 Å². The van der Waals surface area contributed by atoms with Crippen LogP contribution in [0, 0.1) is 0 Å². The number of ether oxygens (including phenoxy) is 1. The summed E-state index contributed by atoms with van der Waals surface area (Å²) in [7, 11) is 0. The first-order chi connectivity index (χ1) is 13.2. The molecule has 3 N–H and O–H groups in total. The molecule has 2 aromatic rings. The first kappa shape index (κ1) is 21.8. The van der Waals surface area contributed by atoms with Crippen molar-refractivity contribution >= 4 is 29.1 Å². The maximum Gasteiger partial charge on any atom is 0.248 e. The lowest BCUT2D eigenvalue weighted by Crippen LogP contribution is -2.14. The predicted octanol–water partition coefficient (Wildman–Crippen LogP) is 4.92. The van der Waals surface area contributed by atoms with Gasteiger partial charge in [-0.1, -0.05) is 32.4 Å². The number of unbranched alkanes of at least 4 members (excludes halogenated alkanes) is 1. The molecule has 0 heterocycles. The minimum Gasteiger partial charge on any atom is -0.493 e. The molecule has 0 aliphatic carbocycles. The highest BCUT2D eigenvalue weighted by Gasteiger charge is 2.19. The molecular weight excluding hydrogens is 376 g/mol. The summed E-state index contributed by atoms with van der Waals surface area (Å²) in [5.41, 5.74) is 7.25. The van der Waals surface area contributed by atoms with Crippen LogP contribution >= 0.6 is 11.6 Å². The van der Waals surface area contributed by atoms with Crippen molar-refractivity contribution in [3.05, 3.63) is 58.6 Å². The summed E-state index contributed by atoms with van der Waals surface area (Å²) in [6.07, 6.45) is 1.87. The molecule has 0 fully saturated rings. The predicted molar refractivity (Wildman–Crippen MR) is 113 cm³/mol. The number of carbonyl (C=O) groups is 2. The first-order valence-corrected chi connectivity index (χ1v) is 9.67. The van der Waals surface area contributed by atoms with Crippen molar-refractivity contribution < 1.29 is 14.3 Å². The van der Waals surface area contributed by atoms with E-state index in [1.54, 1.807) is 24.3 Å². The fraction of sp³-hybridized carbons (Fsp3) is 0.364. The summed E-state index contributed by atoms with van der Waals surface area (Å²) >= 11 is 6.11. The number of hydrogen-bond donors (Lipinski definition) is 2. The molecule has 0 saturated heterocycles. The van der Waals surface area contributed by atoms with Crippen LogP contribution in [0.1, 0.15) is 56.0 Å². The number of rotatable bonds is 8. The molecule has 6 heteroatoms. The third kappa shape index (κ3) is 6.57. The van der Waals surface area contributed by atoms with Gasteiger partial charge >= 0.3 is 0 Å². The number of halogens is 1. The molecule has 0 aliphatic heterocycles. The summed E-state index contributed by atoms with van der Waals surface area (Å²) < 4.78 is 5.92. The quantitative estimate of drug-likeness (QED) is 0.614. The highest BCUT2D eigenvalue weighted by Crippen LogP contribution is 2.33. The molecule has 0 radical (unpaired) electrons. The van der Waals surface area contributed by atoms with Crippen molar-refractivity contribution in [2.75, 3.05) is 11.9 Å². The second-order valence-corrected chi connectivity index (χ2v) is 8.12. The second kappa shape index (κ2) is 9.60. The van der Waals surface area contributed by atoms with Gasteiger partial charge in [0.25, 0.3) is 0 Å². The van der Waals surface area contributed by atoms with Gasteiger partial charge in [0.05, 0.1) is 6.61 Å². The summed E-state index contributed by atoms with van der Waals surface area (Å²) in [5, 5.41) is 3.50. The van der Waals surface area contributed by atoms with Crippen LogP contribution in [0.5, 0.6) is 5.75 Å². The summed E-state index contributed by atoms with van der Waals surface area (Å²) in [6, 6.07) is 12.2. The van der Waals surface area contributed by atoms with E-state index in [1.165, 1.54) is 0 Å². The molecule has 5 nitrogen and oxygen atoms in total. The van der Waals surface area contributed by atoms with E-state index >= 15 is 0 Å². The van der Waals surface area contributed by atoms with Crippen molar-refractivity contribution in [1.29, 1.82) is 0 Å². The summed E-state index contributed by atoms with van der Waals surface area (Å²) in [4.78, 5) is 23.1. The van der Waals surface area contributed by atoms with Gasteiger partial charge in [-0.05, 0) is 60.7 Å². The average Bonchev–Trinajstić information content (AvgIpc) is 2.62. The number of amides is 2. The van der Waals surface area contributed by atoms with Gasteiger partial charge in [-0.15, -0.1) is 0 Å². The maximum atomic E-state index is 12.0. The van der Waals surface area contributed by atoms with Crippen molar-refractivity contribution in [3.63, 3.8) is 0 Å². The summed E-state index contributed by atoms with van der Waals surface area (Å²) in [5.74, 6) is 0.262. The van der Waals surface area contributed by atoms with E-state index in [4.69, 9.17) is 22.1 Å². The molecule has 2 rings (SSSR count). The first-order valence-electron chi connectivity index (χ1n) is 9.29. The number of benzene rings is 2. The monoisotopic (exact) mass is 402 g/mol. The van der Waals surface area contributed by atoms with Crippen molar-refractivity contribution in [2.45, 2.75) is 45.4 Å². The van der Waals surface area contributed by atoms with Crippen LogP contribution < -0.4 is 15.8 Å². The molecule has 0 unspecified atom stereocenters. The SMILES string of the molecule is CC(C)(C)c1cc(Cl)ccc1OCCCCC(=O)Nc1ccc(C(N)=O)cc1. The van der Waals surface area contributed by atoms with Gasteiger partial charge in [0.1, 0.15) is 5.75 Å². The number of primary amides is 1. The normalized spacial score (nSPS) is 11.1. The van der Waals surface area contributed by atoms with E-state index in [1.807, 2.05) is 18.2 Å². The standard InChI is InChI=1S/C22H27ClN2O3/c1-22(2,3)18-14-16(23)9-12-19(18)28-13-5-4-6-20(26)25-17-10-7-15(8-11-17)21(24)27/h7-12,14H,4-6,13H2,1-3H3,(H2,24,27)(H,25,26). The Hall–Kier alpha value is -2.53. The topological polar surface area (TPSA) is 81.4 Å². The molecular formula is C22H27ClN2O3. The zero-order chi connectivity index (χ0) is 20.7. The Kier molecular flexibility index (Phi) is 7.46. The minimum atomic E-state index is -0.492. The number of anilines is 1. The lowest BCUT2D eigenvalue weighted by Gasteiger charge is -2.23. The fourth-order valence-corrected chi connectivity index (χ4v) is 2.90. The van der Waals surface area contributed by atoms with Crippen molar-refractivity contribution in [2.24, 2.45) is 5.73 Å². The lowest BCUT2D eigenvalue weighted by atomic mass is 9.86. The van der Waals surface area contributed by atoms with E-state index in [-0.39, 0.29) is 11.3 Å². The average molecular weight is 403 g/mol. The van der Waals surface area contributed by atoms with Crippen LogP contribution in [0.3, 0.4) is 0 Å². The largest absolute Gasteiger partial charge is 0.493 e. The Balaban J connectivity index is 1.76. The van der Waals surface area contributed by atoms with Crippen molar-refractivity contribution in [1.82, 2.24) is 0 Å². The minimum absolute atomic E-state index is 0.0653. The van der Waals surface area contributed by atoms with Gasteiger partial charge in [0, 0.05) is 28.3 Å². The Morgan fingerprint density at radius 3 is 2.36 bits per heavy atom. The molecule has 150 valence electrons. The third-order valence-corrected chi connectivity index (χ3v) is 4.49. The van der Waals surface area contributed by atoms with Gasteiger partial charge in [-0.3, -0.25) is 9.59 Å². The zero-order valence-corrected chi connectivity index (χ0v) is 17.3. The maximum absolute atomic E-state index is 12.0. The van der Waals surface area contributed by atoms with E-state index in [0.717, 1.165) is 17.7 Å². The highest BCUT2D eigenvalue weighted by atomic mass is 35.5. The molecule has 0 spiro atoms. The molecule has 2 amide bonds. The van der Waals surface area contributed by atoms with Crippen LogP contribution in [0.25, 0.3) is 0 Å². The number of nitrogens with two attached hydrogens (primary N) is 1. The Bertz CT molecular complexity index is 827. The third-order valence-electron chi connectivity index (χ3n) is 4.26. The molecule has 0 saturated carbocycles. The zero-order valence-electron chi connectivity index (χ0n) is 16.5. The molecule has 0 aliphatic rings. The van der Waals surface area contributed by atoms with Gasteiger partial charge in [0.15, 0.2) is 0 Å². The van der Waals surface area contributed by atoms with E-state index in [9.17, 15) is 9.59 Å². The number of hydrogen-bond acceptors (Lipinski definition) is 3. The smallest absolute Gasteiger partial charge is 0.248 e. The van der Waals surface area contributed by atoms with Gasteiger partial charge in [-0.2, -0.15) is 0 Å². The van der Waals surface area contributed by atoms with Crippen LogP contribution in [0.4, 0.5) is 5.69 Å². The number of nitrogens with one attached hydrogen (secondary N) is 1. The highest BCUT2D eigenvalue weighted by molar-refractivity contribution is 6.30. The van der Waals surface area contributed by atoms with Crippen LogP contribution in [0.15, 0.2) is 42.5 Å². The molecule has 28 heavy (non-hydrogen) atoms. The van der Waals surface area contributed by atoms with Gasteiger partial charge in [0.2, 0.25) is 11.8 Å². The van der Waals surface area contributed by atoms with Gasteiger partial charge < -0.3 is 15.8 Å². The molecule has 0 bridgehead atoms. The molecule has 0 aromatic heterocycles. The van der Waals surface area contributed by atoms with Crippen LogP contribution in [-0.2, 0) is 10.2 Å². The Morgan fingerprint density at radius 1 is 1.07 bits per heavy atom. The molecule has 2 aromatic carbocycles. The van der Waals surface area contributed by atoms with E-state index < -0.39 is 5.91 Å². The van der Waals surface area contributed by atoms with Crippen molar-refractivity contribution in [3.8, 4) is 5.75 Å². The summed E-state index contributed by atoms with van der Waals surface area (Å²) in [6.45, 7) is 6.88. The lowest BCUT2D eigenvalue weighted by molar-refractivity contribution is -0.116. The van der Waals surface area contributed by atoms with Crippen LogP contribution in [0.2, 0.25) is 5.02 Å². The van der Waals surface area contributed by atoms with Gasteiger partial charge in [-0.25, -0.2) is 0 Å². The fourth-order valence-electron chi connectivity index (χ4n) is 2.73. The van der Waals surface area contributed by atoms with Crippen LogP contribution in [-0.4, -0.2) is 18.4 Å². The Labute approximate surface area is 171 Å². The molecule has 0 atom stereocenters. The Morgan fingerprint density at radius 2 is 1.75 bits per heavy atom.